The van der Waals surface area contributed by atoms with E-state index in [-0.39, 0.29) is 11.5 Å². The van der Waals surface area contributed by atoms with Crippen molar-refractivity contribution in [2.45, 2.75) is 19.3 Å². The molecule has 0 radical (unpaired) electrons. The normalized spacial score (nSPS) is 17.5. The minimum absolute atomic E-state index is 0.212. The lowest BCUT2D eigenvalue weighted by molar-refractivity contribution is -0.142. The number of carbonyl (C=O) groups is 2. The van der Waals surface area contributed by atoms with Crippen LogP contribution in [0.4, 0.5) is 5.82 Å². The van der Waals surface area contributed by atoms with E-state index in [0.29, 0.717) is 36.2 Å². The van der Waals surface area contributed by atoms with Gasteiger partial charge in [-0.3, -0.25) is 4.79 Å². The number of pyridine rings is 1. The molecule has 5 rings (SSSR count). The third-order valence-electron chi connectivity index (χ3n) is 6.48. The van der Waals surface area contributed by atoms with Gasteiger partial charge in [0, 0.05) is 31.6 Å². The summed E-state index contributed by atoms with van der Waals surface area (Å²) in [7, 11) is 0. The summed E-state index contributed by atoms with van der Waals surface area (Å²) < 4.78 is 0. The van der Waals surface area contributed by atoms with Crippen molar-refractivity contribution in [3.8, 4) is 0 Å². The van der Waals surface area contributed by atoms with Crippen molar-refractivity contribution in [2.75, 3.05) is 31.1 Å². The van der Waals surface area contributed by atoms with Gasteiger partial charge in [-0.1, -0.05) is 48.5 Å². The van der Waals surface area contributed by atoms with E-state index in [0.717, 1.165) is 31.5 Å². The van der Waals surface area contributed by atoms with Crippen molar-refractivity contribution in [2.24, 2.45) is 5.41 Å². The molecular formula is C25H25N3O3. The zero-order valence-electron chi connectivity index (χ0n) is 17.3. The smallest absolute Gasteiger partial charge is 0.336 e. The molecule has 0 atom stereocenters. The molecular weight excluding hydrogens is 390 g/mol. The van der Waals surface area contributed by atoms with Gasteiger partial charge in [0.1, 0.15) is 5.82 Å². The third-order valence-corrected chi connectivity index (χ3v) is 6.48. The number of amides is 1. The molecule has 1 aromatic heterocycles. The van der Waals surface area contributed by atoms with Crippen LogP contribution in [0.5, 0.6) is 0 Å². The molecule has 0 aliphatic carbocycles. The number of benzene rings is 2. The first kappa shape index (κ1) is 19.5. The molecule has 158 valence electrons. The average Bonchev–Trinajstić information content (AvgIpc) is 3.30. The molecule has 2 aromatic carbocycles. The molecule has 6 heteroatoms. The molecule has 6 nitrogen and oxygen atoms in total. The molecule has 2 aliphatic rings. The lowest BCUT2D eigenvalue weighted by atomic mass is 9.73. The van der Waals surface area contributed by atoms with Crippen LogP contribution in [0, 0.1) is 5.41 Å². The van der Waals surface area contributed by atoms with Crippen LogP contribution >= 0.6 is 0 Å². The summed E-state index contributed by atoms with van der Waals surface area (Å²) in [4.78, 5) is 34.1. The molecule has 2 fully saturated rings. The molecule has 1 amide bonds. The lowest BCUT2D eigenvalue weighted by Crippen LogP contribution is -2.65. The quantitative estimate of drug-likeness (QED) is 0.689. The second kappa shape index (κ2) is 7.69. The summed E-state index contributed by atoms with van der Waals surface area (Å²) >= 11 is 0. The van der Waals surface area contributed by atoms with Gasteiger partial charge < -0.3 is 14.9 Å². The Kier molecular flexibility index (Phi) is 4.85. The van der Waals surface area contributed by atoms with Gasteiger partial charge in [0.05, 0.1) is 16.5 Å². The van der Waals surface area contributed by atoms with Crippen molar-refractivity contribution < 1.29 is 14.7 Å². The maximum Gasteiger partial charge on any atom is 0.336 e. The minimum Gasteiger partial charge on any atom is -0.478 e. The number of rotatable bonds is 5. The highest BCUT2D eigenvalue weighted by atomic mass is 16.4. The Hall–Kier alpha value is -3.41. The standard InChI is InChI=1S/C25H25N3O3/c29-23(30)20-14-22(26-21-11-5-4-10-19(20)21)28-16-25(17-28,15-18-8-2-1-3-9-18)24(31)27-12-6-7-13-27/h1-5,8-11,14H,6-7,12-13,15-17H2,(H,29,30). The Balaban J connectivity index is 1.46. The molecule has 3 heterocycles. The van der Waals surface area contributed by atoms with Crippen LogP contribution < -0.4 is 4.90 Å². The van der Waals surface area contributed by atoms with Gasteiger partial charge in [-0.05, 0) is 37.0 Å². The first-order valence-electron chi connectivity index (χ1n) is 10.8. The average molecular weight is 415 g/mol. The Morgan fingerprint density at radius 3 is 2.35 bits per heavy atom. The van der Waals surface area contributed by atoms with Gasteiger partial charge in [0.15, 0.2) is 0 Å². The Morgan fingerprint density at radius 1 is 0.968 bits per heavy atom. The lowest BCUT2D eigenvalue weighted by Gasteiger charge is -2.51. The number of carbonyl (C=O) groups excluding carboxylic acids is 1. The maximum atomic E-state index is 13.5. The van der Waals surface area contributed by atoms with E-state index >= 15 is 0 Å². The molecule has 31 heavy (non-hydrogen) atoms. The van der Waals surface area contributed by atoms with Crippen LogP contribution in [0.2, 0.25) is 0 Å². The highest BCUT2D eigenvalue weighted by molar-refractivity contribution is 6.03. The highest BCUT2D eigenvalue weighted by Crippen LogP contribution is 2.40. The number of aromatic nitrogens is 1. The van der Waals surface area contributed by atoms with Crippen molar-refractivity contribution in [3.63, 3.8) is 0 Å². The van der Waals surface area contributed by atoms with Crippen LogP contribution in [0.1, 0.15) is 28.8 Å². The molecule has 2 aliphatic heterocycles. The molecule has 3 aromatic rings. The van der Waals surface area contributed by atoms with Crippen LogP contribution in [0.3, 0.4) is 0 Å². The molecule has 2 saturated heterocycles. The summed E-state index contributed by atoms with van der Waals surface area (Å²) in [6.45, 7) is 2.74. The molecule has 1 N–H and O–H groups in total. The number of aromatic carboxylic acids is 1. The number of carboxylic acid groups (broad SMARTS) is 1. The SMILES string of the molecule is O=C(O)c1cc(N2CC(Cc3ccccc3)(C(=O)N3CCCC3)C2)nc2ccccc12. The molecule has 0 spiro atoms. The second-order valence-electron chi connectivity index (χ2n) is 8.65. The number of carboxylic acids is 1. The van der Waals surface area contributed by atoms with Crippen LogP contribution in [0.25, 0.3) is 10.9 Å². The molecule has 0 saturated carbocycles. The summed E-state index contributed by atoms with van der Waals surface area (Å²) in [5.41, 5.74) is 1.55. The van der Waals surface area contributed by atoms with Gasteiger partial charge in [-0.2, -0.15) is 0 Å². The van der Waals surface area contributed by atoms with E-state index < -0.39 is 11.4 Å². The third kappa shape index (κ3) is 3.52. The van der Waals surface area contributed by atoms with E-state index in [4.69, 9.17) is 4.98 Å². The Bertz CT molecular complexity index is 1130. The van der Waals surface area contributed by atoms with E-state index in [1.807, 2.05) is 46.2 Å². The number of likely N-dealkylation sites (tertiary alicyclic amines) is 1. The van der Waals surface area contributed by atoms with Crippen LogP contribution in [-0.2, 0) is 11.2 Å². The molecule has 0 unspecified atom stereocenters. The van der Waals surface area contributed by atoms with Gasteiger partial charge in [0.25, 0.3) is 0 Å². The minimum atomic E-state index is -0.968. The second-order valence-corrected chi connectivity index (χ2v) is 8.65. The molecule has 0 bridgehead atoms. The Labute approximate surface area is 181 Å². The largest absolute Gasteiger partial charge is 0.478 e. The number of hydrogen-bond acceptors (Lipinski definition) is 4. The summed E-state index contributed by atoms with van der Waals surface area (Å²) in [6.07, 6.45) is 2.80. The van der Waals surface area contributed by atoms with Crippen LogP contribution in [-0.4, -0.2) is 53.0 Å². The predicted molar refractivity (Wildman–Crippen MR) is 119 cm³/mol. The number of anilines is 1. The van der Waals surface area contributed by atoms with Gasteiger partial charge in [0.2, 0.25) is 5.91 Å². The van der Waals surface area contributed by atoms with Crippen molar-refractivity contribution >= 4 is 28.6 Å². The fourth-order valence-electron chi connectivity index (χ4n) is 4.91. The summed E-state index contributed by atoms with van der Waals surface area (Å²) in [6, 6.07) is 19.1. The van der Waals surface area contributed by atoms with E-state index in [2.05, 4.69) is 12.1 Å². The highest BCUT2D eigenvalue weighted by Gasteiger charge is 2.51. The fourth-order valence-corrected chi connectivity index (χ4v) is 4.91. The first-order valence-corrected chi connectivity index (χ1v) is 10.8. The predicted octanol–water partition coefficient (Wildman–Crippen LogP) is 3.60. The topological polar surface area (TPSA) is 73.7 Å². The summed E-state index contributed by atoms with van der Waals surface area (Å²) in [5, 5.41) is 10.3. The van der Waals surface area contributed by atoms with E-state index in [9.17, 15) is 14.7 Å². The van der Waals surface area contributed by atoms with Crippen molar-refractivity contribution in [3.05, 3.63) is 71.8 Å². The van der Waals surface area contributed by atoms with E-state index in [1.165, 1.54) is 0 Å². The number of fused-ring (bicyclic) bond motifs is 1. The zero-order chi connectivity index (χ0) is 21.4. The Morgan fingerprint density at radius 2 is 1.65 bits per heavy atom. The number of nitrogens with zero attached hydrogens (tertiary/aromatic N) is 3. The van der Waals surface area contributed by atoms with Gasteiger partial charge in [-0.25, -0.2) is 9.78 Å². The van der Waals surface area contributed by atoms with Gasteiger partial charge >= 0.3 is 5.97 Å². The number of hydrogen-bond donors (Lipinski definition) is 1. The van der Waals surface area contributed by atoms with Gasteiger partial charge in [-0.15, -0.1) is 0 Å². The van der Waals surface area contributed by atoms with E-state index in [1.54, 1.807) is 12.1 Å². The maximum absolute atomic E-state index is 13.5. The summed E-state index contributed by atoms with van der Waals surface area (Å²) in [5.74, 6) is -0.137. The fraction of sp³-hybridized carbons (Fsp3) is 0.320. The zero-order valence-corrected chi connectivity index (χ0v) is 17.3. The van der Waals surface area contributed by atoms with Crippen molar-refractivity contribution in [1.82, 2.24) is 9.88 Å². The number of para-hydroxylation sites is 1. The monoisotopic (exact) mass is 415 g/mol. The van der Waals surface area contributed by atoms with Crippen LogP contribution in [0.15, 0.2) is 60.7 Å². The van der Waals surface area contributed by atoms with Crippen molar-refractivity contribution in [1.29, 1.82) is 0 Å². The first-order chi connectivity index (χ1) is 15.1.